The molecule has 0 aliphatic carbocycles. The zero-order valence-electron chi connectivity index (χ0n) is 11.9. The first-order chi connectivity index (χ1) is 10.1. The lowest BCUT2D eigenvalue weighted by atomic mass is 9.94. The van der Waals surface area contributed by atoms with Gasteiger partial charge in [-0.05, 0) is 18.8 Å². The highest BCUT2D eigenvalue weighted by atomic mass is 16.4. The van der Waals surface area contributed by atoms with Crippen LogP contribution in [0, 0.1) is 5.92 Å². The summed E-state index contributed by atoms with van der Waals surface area (Å²) in [5.74, 6) is 0.379. The number of carbonyl (C=O) groups is 2. The number of rotatable bonds is 2. The van der Waals surface area contributed by atoms with Gasteiger partial charge in [-0.1, -0.05) is 0 Å². The second-order valence-corrected chi connectivity index (χ2v) is 5.77. The van der Waals surface area contributed by atoms with Crippen molar-refractivity contribution in [3.63, 3.8) is 0 Å². The molecule has 3 rings (SSSR count). The van der Waals surface area contributed by atoms with Gasteiger partial charge in [-0.3, -0.25) is 4.79 Å². The summed E-state index contributed by atoms with van der Waals surface area (Å²) in [7, 11) is 0. The van der Waals surface area contributed by atoms with Gasteiger partial charge in [0.15, 0.2) is 0 Å². The SMILES string of the molecule is O=C(O)CC1CCN(C(=O)N2CCn3ccnc3C2)CC1. The molecule has 7 nitrogen and oxygen atoms in total. The molecule has 1 saturated heterocycles. The van der Waals surface area contributed by atoms with Gasteiger partial charge in [-0.15, -0.1) is 0 Å². The van der Waals surface area contributed by atoms with Crippen LogP contribution in [0.15, 0.2) is 12.4 Å². The van der Waals surface area contributed by atoms with Crippen LogP contribution in [0.5, 0.6) is 0 Å². The van der Waals surface area contributed by atoms with E-state index in [1.54, 1.807) is 6.20 Å². The number of hydrogen-bond donors (Lipinski definition) is 1. The minimum atomic E-state index is -0.748. The molecule has 0 bridgehead atoms. The number of urea groups is 1. The fraction of sp³-hybridized carbons (Fsp3) is 0.643. The van der Waals surface area contributed by atoms with E-state index in [-0.39, 0.29) is 18.4 Å². The van der Waals surface area contributed by atoms with Crippen LogP contribution in [0.4, 0.5) is 4.79 Å². The fourth-order valence-electron chi connectivity index (χ4n) is 3.11. The summed E-state index contributed by atoms with van der Waals surface area (Å²) in [6.45, 7) is 3.36. The molecular formula is C14H20N4O3. The Morgan fingerprint density at radius 3 is 2.67 bits per heavy atom. The summed E-state index contributed by atoms with van der Waals surface area (Å²) in [5.41, 5.74) is 0. The normalized spacial score (nSPS) is 19.4. The van der Waals surface area contributed by atoms with Crippen LogP contribution in [-0.2, 0) is 17.9 Å². The van der Waals surface area contributed by atoms with E-state index >= 15 is 0 Å². The highest BCUT2D eigenvalue weighted by molar-refractivity contribution is 5.74. The van der Waals surface area contributed by atoms with E-state index < -0.39 is 5.97 Å². The van der Waals surface area contributed by atoms with Gasteiger partial charge >= 0.3 is 12.0 Å². The predicted octanol–water partition coefficient (Wildman–Crippen LogP) is 1.01. The third kappa shape index (κ3) is 3.01. The van der Waals surface area contributed by atoms with Crippen molar-refractivity contribution in [3.8, 4) is 0 Å². The molecule has 1 aromatic heterocycles. The van der Waals surface area contributed by atoms with Gasteiger partial charge in [-0.2, -0.15) is 0 Å². The minimum Gasteiger partial charge on any atom is -0.481 e. The number of likely N-dealkylation sites (tertiary alicyclic amines) is 1. The number of amides is 2. The van der Waals surface area contributed by atoms with Crippen LogP contribution in [0.2, 0.25) is 0 Å². The van der Waals surface area contributed by atoms with Gasteiger partial charge in [0, 0.05) is 45.0 Å². The van der Waals surface area contributed by atoms with E-state index in [4.69, 9.17) is 5.11 Å². The number of piperidine rings is 1. The third-order valence-corrected chi connectivity index (χ3v) is 4.36. The Morgan fingerprint density at radius 1 is 1.19 bits per heavy atom. The van der Waals surface area contributed by atoms with E-state index in [2.05, 4.69) is 9.55 Å². The molecule has 2 aliphatic heterocycles. The lowest BCUT2D eigenvalue weighted by Gasteiger charge is -2.36. The molecular weight excluding hydrogens is 272 g/mol. The Kier molecular flexibility index (Phi) is 3.81. The lowest BCUT2D eigenvalue weighted by molar-refractivity contribution is -0.138. The monoisotopic (exact) mass is 292 g/mol. The maximum absolute atomic E-state index is 12.5. The summed E-state index contributed by atoms with van der Waals surface area (Å²) >= 11 is 0. The molecule has 21 heavy (non-hydrogen) atoms. The summed E-state index contributed by atoms with van der Waals surface area (Å²) in [4.78, 5) is 31.2. The topological polar surface area (TPSA) is 78.7 Å². The standard InChI is InChI=1S/C14H20N4O3/c19-13(20)9-11-1-4-17(5-2-11)14(21)18-8-7-16-6-3-15-12(16)10-18/h3,6,11H,1-2,4-5,7-10H2,(H,19,20). The number of imidazole rings is 1. The van der Waals surface area contributed by atoms with Crippen LogP contribution in [0.1, 0.15) is 25.1 Å². The van der Waals surface area contributed by atoms with Gasteiger partial charge in [0.2, 0.25) is 0 Å². The summed E-state index contributed by atoms with van der Waals surface area (Å²) in [5, 5.41) is 8.82. The minimum absolute atomic E-state index is 0.0537. The van der Waals surface area contributed by atoms with Crippen LogP contribution in [0.25, 0.3) is 0 Å². The second kappa shape index (κ2) is 5.75. The number of carboxylic acids is 1. The average Bonchev–Trinajstić information content (AvgIpc) is 2.94. The summed E-state index contributed by atoms with van der Waals surface area (Å²) in [6, 6.07) is 0.0537. The second-order valence-electron chi connectivity index (χ2n) is 5.77. The molecule has 0 radical (unpaired) electrons. The van der Waals surface area contributed by atoms with Crippen LogP contribution in [-0.4, -0.2) is 56.1 Å². The van der Waals surface area contributed by atoms with E-state index in [1.165, 1.54) is 0 Å². The first-order valence-corrected chi connectivity index (χ1v) is 7.39. The zero-order chi connectivity index (χ0) is 14.8. The molecule has 114 valence electrons. The van der Waals surface area contributed by atoms with Crippen molar-refractivity contribution in [2.45, 2.75) is 32.4 Å². The molecule has 7 heteroatoms. The first-order valence-electron chi connectivity index (χ1n) is 7.39. The van der Waals surface area contributed by atoms with Crippen molar-refractivity contribution < 1.29 is 14.7 Å². The summed E-state index contributed by atoms with van der Waals surface area (Å²) in [6.07, 6.45) is 5.47. The van der Waals surface area contributed by atoms with Crippen molar-refractivity contribution in [1.29, 1.82) is 0 Å². The number of aromatic nitrogens is 2. The molecule has 2 aliphatic rings. The largest absolute Gasteiger partial charge is 0.481 e. The maximum Gasteiger partial charge on any atom is 0.320 e. The number of fused-ring (bicyclic) bond motifs is 1. The van der Waals surface area contributed by atoms with Crippen LogP contribution < -0.4 is 0 Å². The quantitative estimate of drug-likeness (QED) is 0.882. The van der Waals surface area contributed by atoms with Gasteiger partial charge in [0.25, 0.3) is 0 Å². The smallest absolute Gasteiger partial charge is 0.320 e. The van der Waals surface area contributed by atoms with E-state index in [0.29, 0.717) is 26.2 Å². The Balaban J connectivity index is 1.54. The van der Waals surface area contributed by atoms with Crippen molar-refractivity contribution >= 4 is 12.0 Å². The lowest BCUT2D eigenvalue weighted by Crippen LogP contribution is -2.49. The molecule has 1 aromatic rings. The molecule has 2 amide bonds. The van der Waals surface area contributed by atoms with Crippen LogP contribution in [0.3, 0.4) is 0 Å². The number of aliphatic carboxylic acids is 1. The highest BCUT2D eigenvalue weighted by Gasteiger charge is 2.29. The molecule has 0 atom stereocenters. The summed E-state index contributed by atoms with van der Waals surface area (Å²) < 4.78 is 2.07. The van der Waals surface area contributed by atoms with Gasteiger partial charge in [0.1, 0.15) is 5.82 Å². The van der Waals surface area contributed by atoms with Crippen molar-refractivity contribution in [2.24, 2.45) is 5.92 Å². The zero-order valence-corrected chi connectivity index (χ0v) is 11.9. The molecule has 1 N–H and O–H groups in total. The number of carbonyl (C=O) groups excluding carboxylic acids is 1. The Bertz CT molecular complexity index is 534. The van der Waals surface area contributed by atoms with Gasteiger partial charge in [-0.25, -0.2) is 9.78 Å². The molecule has 0 spiro atoms. The fourth-order valence-corrected chi connectivity index (χ4v) is 3.11. The van der Waals surface area contributed by atoms with Gasteiger partial charge in [0.05, 0.1) is 6.54 Å². The number of carboxylic acid groups (broad SMARTS) is 1. The van der Waals surface area contributed by atoms with E-state index in [1.807, 2.05) is 16.0 Å². The average molecular weight is 292 g/mol. The molecule has 1 fully saturated rings. The number of hydrogen-bond acceptors (Lipinski definition) is 3. The maximum atomic E-state index is 12.5. The molecule has 3 heterocycles. The number of nitrogens with zero attached hydrogens (tertiary/aromatic N) is 4. The van der Waals surface area contributed by atoms with Crippen LogP contribution >= 0.6 is 0 Å². The third-order valence-electron chi connectivity index (χ3n) is 4.36. The van der Waals surface area contributed by atoms with E-state index in [9.17, 15) is 9.59 Å². The Hall–Kier alpha value is -2.05. The van der Waals surface area contributed by atoms with Gasteiger partial charge < -0.3 is 19.5 Å². The Morgan fingerprint density at radius 2 is 1.95 bits per heavy atom. The van der Waals surface area contributed by atoms with E-state index in [0.717, 1.165) is 25.2 Å². The molecule has 0 aromatic carbocycles. The molecule has 0 unspecified atom stereocenters. The first kappa shape index (κ1) is 13.9. The van der Waals surface area contributed by atoms with Crippen molar-refractivity contribution in [2.75, 3.05) is 19.6 Å². The molecule has 0 saturated carbocycles. The Labute approximate surface area is 123 Å². The van der Waals surface area contributed by atoms with Crippen molar-refractivity contribution in [1.82, 2.24) is 19.4 Å². The highest BCUT2D eigenvalue weighted by Crippen LogP contribution is 2.22. The predicted molar refractivity (Wildman–Crippen MR) is 74.6 cm³/mol. The van der Waals surface area contributed by atoms with Crippen molar-refractivity contribution in [3.05, 3.63) is 18.2 Å².